The highest BCUT2D eigenvalue weighted by molar-refractivity contribution is 6.31. The summed E-state index contributed by atoms with van der Waals surface area (Å²) in [7, 11) is 0. The van der Waals surface area contributed by atoms with Crippen molar-refractivity contribution >= 4 is 28.4 Å². The number of halogens is 2. The van der Waals surface area contributed by atoms with Crippen LogP contribution in [0.4, 0.5) is 4.39 Å². The van der Waals surface area contributed by atoms with Gasteiger partial charge in [-0.05, 0) is 98.3 Å². The number of nitrogens with one attached hydrogen (secondary N) is 1. The second-order valence-electron chi connectivity index (χ2n) is 9.31. The van der Waals surface area contributed by atoms with Gasteiger partial charge in [-0.2, -0.15) is 0 Å². The smallest absolute Gasteiger partial charge is 0.227 e. The van der Waals surface area contributed by atoms with E-state index in [0.29, 0.717) is 34.4 Å². The molecule has 3 unspecified atom stereocenters. The van der Waals surface area contributed by atoms with Crippen molar-refractivity contribution in [3.8, 4) is 0 Å². The van der Waals surface area contributed by atoms with Crippen LogP contribution in [-0.4, -0.2) is 10.9 Å². The van der Waals surface area contributed by atoms with E-state index in [0.717, 1.165) is 36.6 Å². The highest BCUT2D eigenvalue weighted by Crippen LogP contribution is 2.54. The Morgan fingerprint density at radius 1 is 1.25 bits per heavy atom. The predicted molar refractivity (Wildman–Crippen MR) is 129 cm³/mol. The number of nitrogens with zero attached hydrogens (tertiary/aromatic N) is 1. The molecule has 0 spiro atoms. The molecule has 3 nitrogen and oxygen atoms in total. The Labute approximate surface area is 194 Å². The van der Waals surface area contributed by atoms with Gasteiger partial charge in [0.15, 0.2) is 0 Å². The fraction of sp³-hybridized carbons (Fsp3) is 0.407. The SMILES string of the molecule is C=C(/C=C(Cl)\C=C/C)NC(=O)C(C)C1C[C@H]2CC(c3ccnc4ccc(F)cc34)C[C@H]2C1. The van der Waals surface area contributed by atoms with Crippen molar-refractivity contribution < 1.29 is 9.18 Å². The first-order valence-corrected chi connectivity index (χ1v) is 11.8. The minimum Gasteiger partial charge on any atom is -0.326 e. The third kappa shape index (κ3) is 4.80. The molecule has 2 aliphatic rings. The summed E-state index contributed by atoms with van der Waals surface area (Å²) in [5.41, 5.74) is 2.58. The summed E-state index contributed by atoms with van der Waals surface area (Å²) in [5, 5.41) is 4.37. The summed E-state index contributed by atoms with van der Waals surface area (Å²) in [6.45, 7) is 7.80. The third-order valence-electron chi connectivity index (χ3n) is 7.27. The monoisotopic (exact) mass is 452 g/mol. The number of amides is 1. The lowest BCUT2D eigenvalue weighted by molar-refractivity contribution is -0.125. The normalized spacial score (nSPS) is 26.4. The Balaban J connectivity index is 1.38. The Kier molecular flexibility index (Phi) is 6.80. The molecule has 1 heterocycles. The van der Waals surface area contributed by atoms with Gasteiger partial charge in [-0.3, -0.25) is 9.78 Å². The van der Waals surface area contributed by atoms with Gasteiger partial charge in [-0.25, -0.2) is 4.39 Å². The molecule has 1 amide bonds. The van der Waals surface area contributed by atoms with Gasteiger partial charge in [-0.15, -0.1) is 0 Å². The van der Waals surface area contributed by atoms with E-state index in [9.17, 15) is 9.18 Å². The number of fused-ring (bicyclic) bond motifs is 2. The number of pyridine rings is 1. The topological polar surface area (TPSA) is 42.0 Å². The van der Waals surface area contributed by atoms with Crippen LogP contribution < -0.4 is 5.32 Å². The number of benzene rings is 1. The first kappa shape index (κ1) is 22.7. The van der Waals surface area contributed by atoms with Crippen molar-refractivity contribution in [1.82, 2.24) is 10.3 Å². The summed E-state index contributed by atoms with van der Waals surface area (Å²) in [4.78, 5) is 17.2. The molecule has 4 rings (SSSR count). The van der Waals surface area contributed by atoms with Crippen LogP contribution in [0, 0.1) is 29.5 Å². The van der Waals surface area contributed by atoms with Crippen molar-refractivity contribution in [3.05, 3.63) is 77.4 Å². The molecule has 0 aliphatic heterocycles. The van der Waals surface area contributed by atoms with Gasteiger partial charge in [0, 0.05) is 28.2 Å². The van der Waals surface area contributed by atoms with E-state index in [1.807, 2.05) is 26.1 Å². The zero-order valence-corrected chi connectivity index (χ0v) is 19.4. The van der Waals surface area contributed by atoms with Gasteiger partial charge in [0.05, 0.1) is 5.52 Å². The first-order valence-electron chi connectivity index (χ1n) is 11.4. The highest BCUT2D eigenvalue weighted by atomic mass is 35.5. The van der Waals surface area contributed by atoms with E-state index < -0.39 is 0 Å². The summed E-state index contributed by atoms with van der Waals surface area (Å²) < 4.78 is 13.9. The first-order chi connectivity index (χ1) is 15.4. The Morgan fingerprint density at radius 3 is 2.66 bits per heavy atom. The fourth-order valence-corrected chi connectivity index (χ4v) is 5.97. The maximum absolute atomic E-state index is 13.9. The molecule has 5 heteroatoms. The molecule has 1 aromatic carbocycles. The van der Waals surface area contributed by atoms with Gasteiger partial charge < -0.3 is 5.32 Å². The number of carbonyl (C=O) groups excluding carboxylic acids is 1. The van der Waals surface area contributed by atoms with Crippen LogP contribution in [0.25, 0.3) is 10.9 Å². The maximum atomic E-state index is 13.9. The van der Waals surface area contributed by atoms with Crippen molar-refractivity contribution in [3.63, 3.8) is 0 Å². The molecule has 0 saturated heterocycles. The molecule has 1 aromatic heterocycles. The number of rotatable bonds is 6. The van der Waals surface area contributed by atoms with Gasteiger partial charge in [0.2, 0.25) is 5.91 Å². The predicted octanol–water partition coefficient (Wildman–Crippen LogP) is 6.86. The third-order valence-corrected chi connectivity index (χ3v) is 7.51. The highest BCUT2D eigenvalue weighted by Gasteiger charge is 2.44. The molecule has 2 fully saturated rings. The lowest BCUT2D eigenvalue weighted by atomic mass is 9.86. The Bertz CT molecular complexity index is 1080. The number of hydrogen-bond acceptors (Lipinski definition) is 2. The molecule has 0 radical (unpaired) electrons. The van der Waals surface area contributed by atoms with Crippen LogP contribution in [0.2, 0.25) is 0 Å². The molecule has 2 aromatic rings. The zero-order valence-electron chi connectivity index (χ0n) is 18.7. The zero-order chi connectivity index (χ0) is 22.8. The van der Waals surface area contributed by atoms with Crippen LogP contribution in [0.5, 0.6) is 0 Å². The number of aromatic nitrogens is 1. The van der Waals surface area contributed by atoms with E-state index in [-0.39, 0.29) is 17.6 Å². The lowest BCUT2D eigenvalue weighted by Gasteiger charge is -2.21. The number of allylic oxidation sites excluding steroid dienone is 4. The summed E-state index contributed by atoms with van der Waals surface area (Å²) >= 11 is 6.08. The fourth-order valence-electron chi connectivity index (χ4n) is 5.72. The minimum atomic E-state index is -0.215. The van der Waals surface area contributed by atoms with Gasteiger partial charge in [0.25, 0.3) is 0 Å². The largest absolute Gasteiger partial charge is 0.326 e. The molecular weight excluding hydrogens is 423 g/mol. The summed E-state index contributed by atoms with van der Waals surface area (Å²) in [6.07, 6.45) is 11.4. The molecule has 2 aliphatic carbocycles. The van der Waals surface area contributed by atoms with Crippen LogP contribution in [0.3, 0.4) is 0 Å². The van der Waals surface area contributed by atoms with Gasteiger partial charge >= 0.3 is 0 Å². The van der Waals surface area contributed by atoms with Crippen LogP contribution in [0.1, 0.15) is 51.0 Å². The van der Waals surface area contributed by atoms with Crippen LogP contribution in [-0.2, 0) is 4.79 Å². The van der Waals surface area contributed by atoms with E-state index >= 15 is 0 Å². The van der Waals surface area contributed by atoms with Crippen LogP contribution in [0.15, 0.2) is 66.0 Å². The van der Waals surface area contributed by atoms with Gasteiger partial charge in [0.1, 0.15) is 5.82 Å². The number of carbonyl (C=O) groups is 1. The summed E-state index contributed by atoms with van der Waals surface area (Å²) in [6, 6.07) is 6.90. The van der Waals surface area contributed by atoms with Gasteiger partial charge in [-0.1, -0.05) is 31.2 Å². The average Bonchev–Trinajstić information content (AvgIpc) is 3.32. The molecular formula is C27H30ClFN2O. The molecule has 168 valence electrons. The summed E-state index contributed by atoms with van der Waals surface area (Å²) in [5.74, 6) is 1.76. The van der Waals surface area contributed by atoms with Crippen LogP contribution >= 0.6 is 11.6 Å². The van der Waals surface area contributed by atoms with E-state index in [1.54, 1.807) is 24.3 Å². The lowest BCUT2D eigenvalue weighted by Crippen LogP contribution is -2.31. The van der Waals surface area contributed by atoms with E-state index in [1.165, 1.54) is 11.6 Å². The average molecular weight is 453 g/mol. The van der Waals surface area contributed by atoms with Crippen molar-refractivity contribution in [1.29, 1.82) is 0 Å². The molecule has 5 atom stereocenters. The van der Waals surface area contributed by atoms with E-state index in [4.69, 9.17) is 11.6 Å². The second kappa shape index (κ2) is 9.58. The molecule has 32 heavy (non-hydrogen) atoms. The molecule has 1 N–H and O–H groups in total. The number of hydrogen-bond donors (Lipinski definition) is 1. The Hall–Kier alpha value is -2.46. The minimum absolute atomic E-state index is 0.00770. The molecule has 2 saturated carbocycles. The second-order valence-corrected chi connectivity index (χ2v) is 9.75. The van der Waals surface area contributed by atoms with Crippen molar-refractivity contribution in [2.24, 2.45) is 23.7 Å². The quantitative estimate of drug-likeness (QED) is 0.486. The van der Waals surface area contributed by atoms with Crippen molar-refractivity contribution in [2.75, 3.05) is 0 Å². The van der Waals surface area contributed by atoms with Crippen molar-refractivity contribution in [2.45, 2.75) is 45.4 Å². The van der Waals surface area contributed by atoms with E-state index in [2.05, 4.69) is 22.9 Å². The standard InChI is InChI=1S/C27H30ClFN2O/c1-4-5-22(28)10-16(2)31-27(32)17(3)18-11-19-13-21(14-20(19)12-18)24-8-9-30-26-7-6-23(29)15-25(24)26/h4-10,15,17-21H,2,11-14H2,1,3H3,(H,31,32)/b5-4-,22-10+/t17?,18?,19-,20+,21?. The maximum Gasteiger partial charge on any atom is 0.227 e. The Morgan fingerprint density at radius 2 is 1.97 bits per heavy atom. The molecule has 0 bridgehead atoms.